The third-order valence-corrected chi connectivity index (χ3v) is 13.4. The molecule has 0 saturated carbocycles. The topological polar surface area (TPSA) is 78.9 Å². The molecular weight excluding hydrogens is 841 g/mol. The molecule has 0 N–H and O–H groups in total. The molecule has 0 rings (SSSR count). The lowest BCUT2D eigenvalue weighted by atomic mass is 10.0. The Morgan fingerprint density at radius 1 is 0.294 bits per heavy atom. The molecule has 0 spiro atoms. The van der Waals surface area contributed by atoms with Crippen molar-refractivity contribution in [3.8, 4) is 0 Å². The quantitative estimate of drug-likeness (QED) is 0.0262. The summed E-state index contributed by atoms with van der Waals surface area (Å²) in [5.74, 6) is -0.865. The van der Waals surface area contributed by atoms with Crippen LogP contribution < -0.4 is 0 Å². The van der Waals surface area contributed by atoms with E-state index in [1.165, 1.54) is 205 Å². The van der Waals surface area contributed by atoms with Gasteiger partial charge in [-0.3, -0.25) is 14.4 Å². The predicted octanol–water partition coefficient (Wildman–Crippen LogP) is 20.0. The highest BCUT2D eigenvalue weighted by molar-refractivity contribution is 5.71. The molecule has 0 radical (unpaired) electrons. The van der Waals surface area contributed by atoms with E-state index in [1.807, 2.05) is 0 Å². The standard InChI is InChI=1S/C62H114O6/c1-4-7-10-13-15-17-19-21-23-24-25-26-27-28-29-30-31-32-33-34-35-36-37-38-39-41-42-44-46-49-52-55-61(64)67-58-59(57-66-60(63)54-51-48-12-9-6-3)68-62(65)56-53-50-47-45-43-40-22-20-18-16-14-11-8-5-2/h19,21,24-25,27-28,59H,4-18,20,22-23,26,29-58H2,1-3H3/b21-19-,25-24-,28-27-. The summed E-state index contributed by atoms with van der Waals surface area (Å²) in [6, 6.07) is 0. The van der Waals surface area contributed by atoms with Crippen LogP contribution >= 0.6 is 0 Å². The maximum atomic E-state index is 12.7. The van der Waals surface area contributed by atoms with Gasteiger partial charge in [-0.1, -0.05) is 282 Å². The van der Waals surface area contributed by atoms with E-state index >= 15 is 0 Å². The molecule has 0 aliphatic rings. The summed E-state index contributed by atoms with van der Waals surface area (Å²) in [5, 5.41) is 0. The van der Waals surface area contributed by atoms with Gasteiger partial charge in [-0.25, -0.2) is 0 Å². The van der Waals surface area contributed by atoms with Gasteiger partial charge in [0.1, 0.15) is 13.2 Å². The second kappa shape index (κ2) is 57.2. The minimum Gasteiger partial charge on any atom is -0.462 e. The highest BCUT2D eigenvalue weighted by Crippen LogP contribution is 2.17. The Kier molecular flexibility index (Phi) is 55.2. The lowest BCUT2D eigenvalue weighted by molar-refractivity contribution is -0.167. The summed E-state index contributed by atoms with van der Waals surface area (Å²) < 4.78 is 16.7. The number of rotatable bonds is 55. The summed E-state index contributed by atoms with van der Waals surface area (Å²) in [4.78, 5) is 37.8. The van der Waals surface area contributed by atoms with E-state index in [2.05, 4.69) is 57.2 Å². The van der Waals surface area contributed by atoms with Gasteiger partial charge in [0.05, 0.1) is 0 Å². The largest absolute Gasteiger partial charge is 0.462 e. The van der Waals surface area contributed by atoms with Crippen LogP contribution in [-0.2, 0) is 28.6 Å². The van der Waals surface area contributed by atoms with Crippen LogP contribution in [0, 0.1) is 0 Å². The van der Waals surface area contributed by atoms with Crippen molar-refractivity contribution in [1.29, 1.82) is 0 Å². The molecule has 1 atom stereocenters. The first-order valence-electron chi connectivity index (χ1n) is 30.0. The number of allylic oxidation sites excluding steroid dienone is 6. The zero-order valence-corrected chi connectivity index (χ0v) is 45.6. The zero-order valence-electron chi connectivity index (χ0n) is 45.6. The highest BCUT2D eigenvalue weighted by atomic mass is 16.6. The van der Waals surface area contributed by atoms with Crippen LogP contribution in [0.1, 0.15) is 323 Å². The first-order chi connectivity index (χ1) is 33.5. The van der Waals surface area contributed by atoms with Crippen LogP contribution in [0.4, 0.5) is 0 Å². The second-order valence-electron chi connectivity index (χ2n) is 20.3. The molecular formula is C62H114O6. The van der Waals surface area contributed by atoms with Gasteiger partial charge in [-0.05, 0) is 57.8 Å². The van der Waals surface area contributed by atoms with Gasteiger partial charge in [-0.15, -0.1) is 0 Å². The highest BCUT2D eigenvalue weighted by Gasteiger charge is 2.19. The van der Waals surface area contributed by atoms with Crippen LogP contribution in [0.25, 0.3) is 0 Å². The van der Waals surface area contributed by atoms with Gasteiger partial charge in [0.2, 0.25) is 0 Å². The van der Waals surface area contributed by atoms with Crippen molar-refractivity contribution in [2.24, 2.45) is 0 Å². The Morgan fingerprint density at radius 2 is 0.529 bits per heavy atom. The number of carbonyl (C=O) groups is 3. The fourth-order valence-electron chi connectivity index (χ4n) is 8.86. The summed E-state index contributed by atoms with van der Waals surface area (Å²) in [7, 11) is 0. The van der Waals surface area contributed by atoms with Crippen LogP contribution in [-0.4, -0.2) is 37.2 Å². The fourth-order valence-corrected chi connectivity index (χ4v) is 8.86. The summed E-state index contributed by atoms with van der Waals surface area (Å²) in [6.45, 7) is 6.58. The van der Waals surface area contributed by atoms with E-state index in [9.17, 15) is 14.4 Å². The van der Waals surface area contributed by atoms with Crippen molar-refractivity contribution in [3.05, 3.63) is 36.5 Å². The van der Waals surface area contributed by atoms with Crippen LogP contribution in [0.3, 0.4) is 0 Å². The molecule has 0 fully saturated rings. The van der Waals surface area contributed by atoms with E-state index in [-0.39, 0.29) is 31.1 Å². The monoisotopic (exact) mass is 955 g/mol. The Hall–Kier alpha value is -2.37. The maximum Gasteiger partial charge on any atom is 0.306 e. The van der Waals surface area contributed by atoms with Crippen molar-refractivity contribution in [2.45, 2.75) is 329 Å². The van der Waals surface area contributed by atoms with Gasteiger partial charge in [-0.2, -0.15) is 0 Å². The maximum absolute atomic E-state index is 12.7. The number of esters is 3. The molecule has 68 heavy (non-hydrogen) atoms. The second-order valence-corrected chi connectivity index (χ2v) is 20.3. The van der Waals surface area contributed by atoms with E-state index in [0.29, 0.717) is 19.3 Å². The van der Waals surface area contributed by atoms with Crippen molar-refractivity contribution in [1.82, 2.24) is 0 Å². The van der Waals surface area contributed by atoms with Crippen molar-refractivity contribution < 1.29 is 28.6 Å². The van der Waals surface area contributed by atoms with E-state index < -0.39 is 6.10 Å². The van der Waals surface area contributed by atoms with E-state index in [1.54, 1.807) is 0 Å². The van der Waals surface area contributed by atoms with Gasteiger partial charge < -0.3 is 14.2 Å². The Balaban J connectivity index is 3.93. The predicted molar refractivity (Wildman–Crippen MR) is 293 cm³/mol. The summed E-state index contributed by atoms with van der Waals surface area (Å²) in [5.41, 5.74) is 0. The summed E-state index contributed by atoms with van der Waals surface area (Å²) in [6.07, 6.45) is 69.1. The van der Waals surface area contributed by atoms with Crippen LogP contribution in [0.15, 0.2) is 36.5 Å². The molecule has 398 valence electrons. The number of unbranched alkanes of at least 4 members (excludes halogenated alkanes) is 38. The summed E-state index contributed by atoms with van der Waals surface area (Å²) >= 11 is 0. The van der Waals surface area contributed by atoms with Gasteiger partial charge in [0.15, 0.2) is 6.10 Å². The molecule has 0 heterocycles. The van der Waals surface area contributed by atoms with Gasteiger partial charge in [0.25, 0.3) is 0 Å². The Bertz CT molecular complexity index is 1140. The SMILES string of the molecule is CCCCCCC/C=C\C/C=C\C/C=C\CCCCCCCCCCCCCCCCCCC(=O)OCC(COC(=O)CCCCCCC)OC(=O)CCCCCCCCCCCCCCCC. The first-order valence-corrected chi connectivity index (χ1v) is 30.0. The van der Waals surface area contributed by atoms with Crippen molar-refractivity contribution in [2.75, 3.05) is 13.2 Å². The molecule has 0 saturated heterocycles. The molecule has 0 bridgehead atoms. The molecule has 6 nitrogen and oxygen atoms in total. The molecule has 0 aromatic rings. The van der Waals surface area contributed by atoms with Crippen LogP contribution in [0.5, 0.6) is 0 Å². The smallest absolute Gasteiger partial charge is 0.306 e. The molecule has 0 aliphatic carbocycles. The Labute approximate surface area is 423 Å². The molecule has 1 unspecified atom stereocenters. The van der Waals surface area contributed by atoms with E-state index in [0.717, 1.165) is 77.0 Å². The van der Waals surface area contributed by atoms with Gasteiger partial charge >= 0.3 is 17.9 Å². The van der Waals surface area contributed by atoms with E-state index in [4.69, 9.17) is 14.2 Å². The number of carbonyl (C=O) groups excluding carboxylic acids is 3. The van der Waals surface area contributed by atoms with Crippen molar-refractivity contribution >= 4 is 17.9 Å². The normalized spacial score (nSPS) is 12.2. The molecule has 0 aromatic heterocycles. The average molecular weight is 956 g/mol. The van der Waals surface area contributed by atoms with Crippen LogP contribution in [0.2, 0.25) is 0 Å². The molecule has 6 heteroatoms. The third-order valence-electron chi connectivity index (χ3n) is 13.4. The lowest BCUT2D eigenvalue weighted by Crippen LogP contribution is -2.30. The third kappa shape index (κ3) is 54.6. The number of hydrogen-bond donors (Lipinski definition) is 0. The fraction of sp³-hybridized carbons (Fsp3) is 0.855. The first kappa shape index (κ1) is 65.6. The average Bonchev–Trinajstić information content (AvgIpc) is 3.34. The van der Waals surface area contributed by atoms with Gasteiger partial charge in [0, 0.05) is 19.3 Å². The molecule has 0 aliphatic heterocycles. The zero-order chi connectivity index (χ0) is 49.3. The lowest BCUT2D eigenvalue weighted by Gasteiger charge is -2.18. The number of ether oxygens (including phenoxy) is 3. The minimum absolute atomic E-state index is 0.0675. The molecule has 0 amide bonds. The number of hydrogen-bond acceptors (Lipinski definition) is 6. The molecule has 0 aromatic carbocycles. The van der Waals surface area contributed by atoms with Crippen molar-refractivity contribution in [3.63, 3.8) is 0 Å². The minimum atomic E-state index is -0.763. The Morgan fingerprint density at radius 3 is 0.824 bits per heavy atom.